The van der Waals surface area contributed by atoms with Gasteiger partial charge in [0.15, 0.2) is 0 Å². The van der Waals surface area contributed by atoms with Crippen LogP contribution in [0.2, 0.25) is 5.02 Å². The predicted molar refractivity (Wildman–Crippen MR) is 82.5 cm³/mol. The van der Waals surface area contributed by atoms with Gasteiger partial charge in [0, 0.05) is 22.6 Å². The summed E-state index contributed by atoms with van der Waals surface area (Å²) >= 11 is 10.2. The molecule has 0 fully saturated rings. The second kappa shape index (κ2) is 5.85. The van der Waals surface area contributed by atoms with Gasteiger partial charge in [0.25, 0.3) is 0 Å². The van der Waals surface area contributed by atoms with E-state index in [0.29, 0.717) is 22.0 Å². The van der Waals surface area contributed by atoms with Crippen molar-refractivity contribution in [1.82, 2.24) is 9.97 Å². The summed E-state index contributed by atoms with van der Waals surface area (Å²) in [5, 5.41) is 0.126. The molecule has 1 aromatic heterocycles. The van der Waals surface area contributed by atoms with E-state index >= 15 is 0 Å². The molecule has 0 amide bonds. The number of aromatic nitrogens is 2. The van der Waals surface area contributed by atoms with Crippen molar-refractivity contribution >= 4 is 35.9 Å². The van der Waals surface area contributed by atoms with Crippen LogP contribution in [0.25, 0.3) is 0 Å². The van der Waals surface area contributed by atoms with E-state index in [0.717, 1.165) is 0 Å². The van der Waals surface area contributed by atoms with Gasteiger partial charge in [-0.3, -0.25) is 0 Å². The summed E-state index contributed by atoms with van der Waals surface area (Å²) < 4.78 is 13.8. The van der Waals surface area contributed by atoms with Gasteiger partial charge in [-0.25, -0.2) is 14.4 Å². The van der Waals surface area contributed by atoms with Crippen molar-refractivity contribution in [1.29, 1.82) is 0 Å². The molecule has 0 saturated carbocycles. The molecule has 4 nitrogen and oxygen atoms in total. The number of benzene rings is 1. The van der Waals surface area contributed by atoms with Gasteiger partial charge in [-0.2, -0.15) is 12.6 Å². The smallest absolute Gasteiger partial charge is 0.145 e. The van der Waals surface area contributed by atoms with Crippen LogP contribution in [-0.2, 0) is 6.42 Å². The summed E-state index contributed by atoms with van der Waals surface area (Å²) in [5.74, 6) is 0.454. The number of halogens is 2. The summed E-state index contributed by atoms with van der Waals surface area (Å²) in [4.78, 5) is 8.27. The van der Waals surface area contributed by atoms with Crippen molar-refractivity contribution in [2.75, 3.05) is 11.5 Å². The highest BCUT2D eigenvalue weighted by atomic mass is 35.5. The number of rotatable bonds is 3. The first-order chi connectivity index (χ1) is 9.40. The molecule has 0 aliphatic carbocycles. The van der Waals surface area contributed by atoms with Crippen LogP contribution in [0, 0.1) is 5.82 Å². The summed E-state index contributed by atoms with van der Waals surface area (Å²) in [5.41, 5.74) is 12.5. The van der Waals surface area contributed by atoms with Crippen LogP contribution in [-0.4, -0.2) is 9.97 Å². The van der Waals surface area contributed by atoms with Gasteiger partial charge in [0.2, 0.25) is 0 Å². The number of anilines is 2. The van der Waals surface area contributed by atoms with E-state index in [1.54, 1.807) is 6.07 Å². The van der Waals surface area contributed by atoms with Crippen molar-refractivity contribution in [2.45, 2.75) is 18.6 Å². The highest BCUT2D eigenvalue weighted by Gasteiger charge is 2.16. The number of hydrogen-bond acceptors (Lipinski definition) is 5. The lowest BCUT2D eigenvalue weighted by molar-refractivity contribution is 0.614. The molecule has 2 aromatic rings. The standard InChI is InChI=1S/C13H14ClFN4S/c1-6(20)13-18-11(16)8(12(17)19-13)5-7-9(14)3-2-4-10(7)15/h2-4,6,20H,5H2,1H3,(H4,16,17,18,19). The maximum atomic E-state index is 13.8. The Morgan fingerprint density at radius 3 is 2.35 bits per heavy atom. The molecule has 1 unspecified atom stereocenters. The molecule has 0 aliphatic heterocycles. The first-order valence-corrected chi connectivity index (χ1v) is 6.82. The van der Waals surface area contributed by atoms with Gasteiger partial charge < -0.3 is 11.5 Å². The largest absolute Gasteiger partial charge is 0.383 e. The van der Waals surface area contributed by atoms with Crippen LogP contribution in [0.3, 0.4) is 0 Å². The molecule has 1 heterocycles. The van der Waals surface area contributed by atoms with Crippen molar-refractivity contribution in [2.24, 2.45) is 0 Å². The van der Waals surface area contributed by atoms with E-state index in [2.05, 4.69) is 22.6 Å². The Bertz CT molecular complexity index is 605. The van der Waals surface area contributed by atoms with E-state index in [1.807, 2.05) is 6.92 Å². The van der Waals surface area contributed by atoms with Gasteiger partial charge in [0.05, 0.1) is 5.25 Å². The molecule has 0 spiro atoms. The molecule has 1 atom stereocenters. The quantitative estimate of drug-likeness (QED) is 0.761. The Morgan fingerprint density at radius 2 is 1.85 bits per heavy atom. The zero-order valence-electron chi connectivity index (χ0n) is 10.8. The van der Waals surface area contributed by atoms with Crippen LogP contribution in [0.5, 0.6) is 0 Å². The zero-order chi connectivity index (χ0) is 14.9. The lowest BCUT2D eigenvalue weighted by atomic mass is 10.1. The minimum Gasteiger partial charge on any atom is -0.383 e. The summed E-state index contributed by atoms with van der Waals surface area (Å²) in [7, 11) is 0. The van der Waals surface area contributed by atoms with Gasteiger partial charge >= 0.3 is 0 Å². The second-order valence-corrected chi connectivity index (χ2v) is 5.57. The molecule has 1 aromatic carbocycles. The third-order valence-electron chi connectivity index (χ3n) is 2.88. The fraction of sp³-hybridized carbons (Fsp3) is 0.231. The van der Waals surface area contributed by atoms with Gasteiger partial charge in [-0.1, -0.05) is 17.7 Å². The number of hydrogen-bond donors (Lipinski definition) is 3. The minimum atomic E-state index is -0.414. The Labute approximate surface area is 126 Å². The van der Waals surface area contributed by atoms with E-state index in [-0.39, 0.29) is 23.3 Å². The fourth-order valence-electron chi connectivity index (χ4n) is 1.78. The number of nitrogens with zero attached hydrogens (tertiary/aromatic N) is 2. The lowest BCUT2D eigenvalue weighted by Crippen LogP contribution is -2.10. The summed E-state index contributed by atoms with van der Waals surface area (Å²) in [6.45, 7) is 1.81. The molecule has 0 radical (unpaired) electrons. The van der Waals surface area contributed by atoms with Gasteiger partial charge in [-0.15, -0.1) is 0 Å². The lowest BCUT2D eigenvalue weighted by Gasteiger charge is -2.12. The maximum Gasteiger partial charge on any atom is 0.145 e. The first kappa shape index (κ1) is 14.9. The second-order valence-electron chi connectivity index (χ2n) is 4.38. The molecular formula is C13H14ClFN4S. The van der Waals surface area contributed by atoms with E-state index in [9.17, 15) is 4.39 Å². The Kier molecular flexibility index (Phi) is 4.35. The Balaban J connectivity index is 2.44. The molecule has 20 heavy (non-hydrogen) atoms. The van der Waals surface area contributed by atoms with Crippen molar-refractivity contribution in [3.63, 3.8) is 0 Å². The highest BCUT2D eigenvalue weighted by Crippen LogP contribution is 2.28. The van der Waals surface area contributed by atoms with Crippen LogP contribution in [0.4, 0.5) is 16.0 Å². The van der Waals surface area contributed by atoms with Crippen molar-refractivity contribution < 1.29 is 4.39 Å². The normalized spacial score (nSPS) is 12.4. The minimum absolute atomic E-state index is 0.143. The molecule has 7 heteroatoms. The van der Waals surface area contributed by atoms with Crippen LogP contribution in [0.1, 0.15) is 29.1 Å². The summed E-state index contributed by atoms with van der Waals surface area (Å²) in [6, 6.07) is 4.48. The van der Waals surface area contributed by atoms with Crippen molar-refractivity contribution in [3.05, 3.63) is 46.0 Å². The third kappa shape index (κ3) is 2.96. The van der Waals surface area contributed by atoms with Crippen LogP contribution in [0.15, 0.2) is 18.2 Å². The topological polar surface area (TPSA) is 77.8 Å². The molecule has 0 saturated heterocycles. The number of nitrogen functional groups attached to an aromatic ring is 2. The van der Waals surface area contributed by atoms with Crippen molar-refractivity contribution in [3.8, 4) is 0 Å². The van der Waals surface area contributed by atoms with Crippen LogP contribution < -0.4 is 11.5 Å². The monoisotopic (exact) mass is 312 g/mol. The molecular weight excluding hydrogens is 299 g/mol. The number of thiol groups is 1. The van der Waals surface area contributed by atoms with Crippen LogP contribution >= 0.6 is 24.2 Å². The number of nitrogens with two attached hydrogens (primary N) is 2. The fourth-order valence-corrected chi connectivity index (χ4v) is 2.13. The molecule has 4 N–H and O–H groups in total. The van der Waals surface area contributed by atoms with Gasteiger partial charge in [0.1, 0.15) is 23.3 Å². The predicted octanol–water partition coefficient (Wildman–Crippen LogP) is 3.02. The maximum absolute atomic E-state index is 13.8. The average molecular weight is 313 g/mol. The van der Waals surface area contributed by atoms with E-state index in [1.165, 1.54) is 12.1 Å². The third-order valence-corrected chi connectivity index (χ3v) is 3.46. The first-order valence-electron chi connectivity index (χ1n) is 5.93. The van der Waals surface area contributed by atoms with Gasteiger partial charge in [-0.05, 0) is 19.1 Å². The summed E-state index contributed by atoms with van der Waals surface area (Å²) in [6.07, 6.45) is 0.143. The average Bonchev–Trinajstić information content (AvgIpc) is 2.36. The molecule has 0 bridgehead atoms. The molecule has 2 rings (SSSR count). The SMILES string of the molecule is CC(S)c1nc(N)c(Cc2c(F)cccc2Cl)c(N)n1. The molecule has 0 aliphatic rings. The van der Waals surface area contributed by atoms with E-state index in [4.69, 9.17) is 23.1 Å². The highest BCUT2D eigenvalue weighted by molar-refractivity contribution is 7.80. The zero-order valence-corrected chi connectivity index (χ0v) is 12.4. The Hall–Kier alpha value is -1.53. The van der Waals surface area contributed by atoms with E-state index < -0.39 is 5.82 Å². The Morgan fingerprint density at radius 1 is 1.25 bits per heavy atom. The molecule has 106 valence electrons.